The van der Waals surface area contributed by atoms with Crippen LogP contribution in [0.4, 0.5) is 0 Å². The normalized spacial score (nSPS) is 45.1. The molecular formula is C42H65NO10. The Labute approximate surface area is 316 Å². The molecule has 1 N–H and O–H groups in total. The molecule has 11 heteroatoms. The number of cyclic esters (lactones) is 1. The molecule has 0 bridgehead atoms. The summed E-state index contributed by atoms with van der Waals surface area (Å²) >= 11 is 0. The number of nitrogens with one attached hydrogen (secondary N) is 1. The van der Waals surface area contributed by atoms with Gasteiger partial charge in [0.1, 0.15) is 24.4 Å². The molecule has 11 nitrogen and oxygen atoms in total. The minimum atomic E-state index is -0.600. The predicted octanol–water partition coefficient (Wildman–Crippen LogP) is 5.70. The van der Waals surface area contributed by atoms with Crippen molar-refractivity contribution >= 4 is 11.8 Å². The zero-order valence-corrected chi connectivity index (χ0v) is 33.1. The van der Waals surface area contributed by atoms with Crippen LogP contribution in [-0.4, -0.2) is 108 Å². The third-order valence-corrected chi connectivity index (χ3v) is 13.1. The first kappa shape index (κ1) is 40.7. The molecule has 0 radical (unpaired) electrons. The first-order valence-corrected chi connectivity index (χ1v) is 20.3. The number of carbonyl (C=O) groups is 2. The summed E-state index contributed by atoms with van der Waals surface area (Å²) < 4.78 is 49.5. The number of ether oxygens (including phenoxy) is 8. The second-order valence-electron chi connectivity index (χ2n) is 16.2. The van der Waals surface area contributed by atoms with Crippen LogP contribution < -0.4 is 5.32 Å². The summed E-state index contributed by atoms with van der Waals surface area (Å²) in [7, 11) is 6.93. The molecule has 6 unspecified atom stereocenters. The molecular weight excluding hydrogens is 678 g/mol. The molecule has 3 saturated heterocycles. The number of hydrogen-bond donors (Lipinski definition) is 1. The summed E-state index contributed by atoms with van der Waals surface area (Å²) in [6.45, 7) is 8.13. The number of ketones is 1. The number of allylic oxidation sites excluding steroid dienone is 5. The Hall–Kier alpha value is -1.96. The molecule has 0 amide bonds. The fraction of sp³-hybridized carbons (Fsp3) is 0.810. The van der Waals surface area contributed by atoms with Crippen molar-refractivity contribution in [1.29, 1.82) is 0 Å². The average Bonchev–Trinajstić information content (AvgIpc) is 3.72. The standard InChI is InChI=1S/C42H65NO10/c1-9-10-12-27-13-11-14-35(53-37-18-17-34(43-5)24(3)49-37)23(2)38(45)33-21-31-29(32(33)22-36(44)51-27)16-15-26-19-28(20-30(26)31)52-42-41(48-8)40(47-7)39(46-6)25(4)50-42/h10,12,15-16,21,23-32,34-35,37,39-43H,9,11,13-14,17-20,22H2,1-8H3/b12-10+/t23-,24-,25+,26?,27?,28-,29?,30?,31?,32?,34+,35+,37+,39+,40-,41-,42+/m1/s1. The Morgan fingerprint density at radius 2 is 1.64 bits per heavy atom. The van der Waals surface area contributed by atoms with Gasteiger partial charge in [0.2, 0.25) is 0 Å². The molecule has 1 saturated carbocycles. The van der Waals surface area contributed by atoms with Gasteiger partial charge < -0.3 is 43.2 Å². The summed E-state index contributed by atoms with van der Waals surface area (Å²) in [4.78, 5) is 28.3. The first-order chi connectivity index (χ1) is 25.6. The van der Waals surface area contributed by atoms with Crippen LogP contribution in [0, 0.1) is 35.5 Å². The van der Waals surface area contributed by atoms with E-state index in [0.29, 0.717) is 12.8 Å². The lowest BCUT2D eigenvalue weighted by molar-refractivity contribution is -0.314. The Bertz CT molecular complexity index is 1330. The highest BCUT2D eigenvalue weighted by Gasteiger charge is 2.52. The maximum Gasteiger partial charge on any atom is 0.307 e. The maximum absolute atomic E-state index is 14.7. The lowest BCUT2D eigenvalue weighted by Gasteiger charge is -2.44. The van der Waals surface area contributed by atoms with E-state index in [1.54, 1.807) is 21.3 Å². The van der Waals surface area contributed by atoms with Gasteiger partial charge in [0, 0.05) is 39.2 Å². The van der Waals surface area contributed by atoms with E-state index < -0.39 is 12.4 Å². The number of Topliss-reactive ketones (excluding diaryl/α,β-unsaturated/α-hetero) is 1. The predicted molar refractivity (Wildman–Crippen MR) is 199 cm³/mol. The monoisotopic (exact) mass is 743 g/mol. The van der Waals surface area contributed by atoms with Crippen LogP contribution in [0.15, 0.2) is 36.0 Å². The summed E-state index contributed by atoms with van der Waals surface area (Å²) in [5.74, 6) is -0.124. The number of carbonyl (C=O) groups excluding carboxylic acids is 2. The van der Waals surface area contributed by atoms with Crippen molar-refractivity contribution in [3.63, 3.8) is 0 Å². The lowest BCUT2D eigenvalue weighted by atomic mass is 9.70. The Morgan fingerprint density at radius 1 is 0.868 bits per heavy atom. The third-order valence-electron chi connectivity index (χ3n) is 13.1. The largest absolute Gasteiger partial charge is 0.458 e. The second kappa shape index (κ2) is 18.3. The van der Waals surface area contributed by atoms with E-state index in [1.165, 1.54) is 0 Å². The Morgan fingerprint density at radius 3 is 2.34 bits per heavy atom. The van der Waals surface area contributed by atoms with Crippen LogP contribution in [0.1, 0.15) is 85.5 Å². The van der Waals surface area contributed by atoms with Crippen LogP contribution in [0.2, 0.25) is 0 Å². The van der Waals surface area contributed by atoms with Crippen molar-refractivity contribution < 1.29 is 47.5 Å². The van der Waals surface area contributed by atoms with Gasteiger partial charge in [-0.25, -0.2) is 0 Å². The molecule has 3 heterocycles. The van der Waals surface area contributed by atoms with E-state index in [1.807, 2.05) is 27.0 Å². The highest BCUT2D eigenvalue weighted by atomic mass is 16.7. The number of hydrogen-bond acceptors (Lipinski definition) is 11. The molecule has 17 atom stereocenters. The van der Waals surface area contributed by atoms with Crippen molar-refractivity contribution in [2.75, 3.05) is 28.4 Å². The summed E-state index contributed by atoms with van der Waals surface area (Å²) in [5, 5.41) is 3.34. The van der Waals surface area contributed by atoms with E-state index in [0.717, 1.165) is 44.1 Å². The van der Waals surface area contributed by atoms with Crippen molar-refractivity contribution in [2.45, 2.75) is 153 Å². The second-order valence-corrected chi connectivity index (χ2v) is 16.2. The third kappa shape index (κ3) is 8.88. The van der Waals surface area contributed by atoms with E-state index in [4.69, 9.17) is 37.9 Å². The fourth-order valence-electron chi connectivity index (χ4n) is 10.2. The molecule has 4 fully saturated rings. The number of rotatable bonds is 10. The van der Waals surface area contributed by atoms with Gasteiger partial charge in [-0.15, -0.1) is 0 Å². The van der Waals surface area contributed by atoms with Gasteiger partial charge in [0.05, 0.1) is 30.8 Å². The minimum absolute atomic E-state index is 0.0140. The zero-order chi connectivity index (χ0) is 37.8. The zero-order valence-electron chi connectivity index (χ0n) is 33.1. The van der Waals surface area contributed by atoms with Crippen LogP contribution in [0.3, 0.4) is 0 Å². The first-order valence-electron chi connectivity index (χ1n) is 20.3. The van der Waals surface area contributed by atoms with Gasteiger partial charge in [-0.05, 0) is 108 Å². The molecule has 6 aliphatic rings. The molecule has 3 aliphatic carbocycles. The SMILES string of the molecule is CC/C=C/C1CCC[C@H](O[C@H]2CC[C@H](NC)[C@@H](C)O2)[C@@H](C)C(=O)C2=CC3C(C=CC4C[C@@H](O[C@@H]5O[C@@H](C)[C@H](OC)[C@@H](OC)[C@H]5OC)CC43)C2CC(=O)O1. The molecule has 0 aromatic carbocycles. The number of esters is 1. The highest BCUT2D eigenvalue weighted by molar-refractivity contribution is 5.99. The van der Waals surface area contributed by atoms with E-state index in [9.17, 15) is 9.59 Å². The minimum Gasteiger partial charge on any atom is -0.458 e. The number of likely N-dealkylation sites (N-methyl/N-ethyl adjacent to an activating group) is 1. The van der Waals surface area contributed by atoms with Gasteiger partial charge in [0.25, 0.3) is 0 Å². The van der Waals surface area contributed by atoms with Gasteiger partial charge in [0.15, 0.2) is 18.4 Å². The Kier molecular flexibility index (Phi) is 14.1. The van der Waals surface area contributed by atoms with Gasteiger partial charge in [-0.2, -0.15) is 0 Å². The van der Waals surface area contributed by atoms with Gasteiger partial charge >= 0.3 is 5.97 Å². The maximum atomic E-state index is 14.7. The lowest BCUT2D eigenvalue weighted by Crippen LogP contribution is -2.59. The molecule has 0 aromatic heterocycles. The van der Waals surface area contributed by atoms with Crippen LogP contribution in [0.5, 0.6) is 0 Å². The van der Waals surface area contributed by atoms with Crippen molar-refractivity contribution in [1.82, 2.24) is 5.32 Å². The van der Waals surface area contributed by atoms with Gasteiger partial charge in [-0.1, -0.05) is 38.2 Å². The van der Waals surface area contributed by atoms with E-state index >= 15 is 0 Å². The van der Waals surface area contributed by atoms with E-state index in [-0.39, 0.29) is 109 Å². The molecule has 53 heavy (non-hydrogen) atoms. The van der Waals surface area contributed by atoms with Crippen molar-refractivity contribution in [2.24, 2.45) is 35.5 Å². The average molecular weight is 744 g/mol. The van der Waals surface area contributed by atoms with Crippen molar-refractivity contribution in [3.05, 3.63) is 36.0 Å². The molecule has 0 spiro atoms. The smallest absolute Gasteiger partial charge is 0.307 e. The Balaban J connectivity index is 1.22. The quantitative estimate of drug-likeness (QED) is 0.219. The summed E-state index contributed by atoms with van der Waals surface area (Å²) in [6.07, 6.45) is 14.5. The number of fused-ring (bicyclic) bond motifs is 5. The van der Waals surface area contributed by atoms with Crippen molar-refractivity contribution in [3.8, 4) is 0 Å². The number of methoxy groups -OCH3 is 3. The van der Waals surface area contributed by atoms with Crippen LogP contribution >= 0.6 is 0 Å². The van der Waals surface area contributed by atoms with E-state index in [2.05, 4.69) is 43.5 Å². The molecule has 3 aliphatic heterocycles. The van der Waals surface area contributed by atoms with Gasteiger partial charge in [-0.3, -0.25) is 9.59 Å². The molecule has 6 rings (SSSR count). The molecule has 298 valence electrons. The fourth-order valence-corrected chi connectivity index (χ4v) is 10.2. The summed E-state index contributed by atoms with van der Waals surface area (Å²) in [5.41, 5.74) is 0.750. The van der Waals surface area contributed by atoms with Crippen LogP contribution in [0.25, 0.3) is 0 Å². The topological polar surface area (TPSA) is 120 Å². The molecule has 0 aromatic rings. The summed E-state index contributed by atoms with van der Waals surface area (Å²) in [6, 6.07) is 0.279. The van der Waals surface area contributed by atoms with Crippen LogP contribution in [-0.2, 0) is 47.5 Å². The highest BCUT2D eigenvalue weighted by Crippen LogP contribution is 2.54.